The molecule has 8 nitrogen and oxygen atoms in total. The number of hydrogen-bond donors (Lipinski definition) is 2. The van der Waals surface area contributed by atoms with Crippen molar-refractivity contribution in [2.75, 3.05) is 17.0 Å². The molecule has 30 heavy (non-hydrogen) atoms. The van der Waals surface area contributed by atoms with Gasteiger partial charge in [0.05, 0.1) is 21.2 Å². The molecule has 0 aliphatic rings. The zero-order valence-corrected chi connectivity index (χ0v) is 17.4. The monoisotopic (exact) mass is 445 g/mol. The van der Waals surface area contributed by atoms with Crippen LogP contribution in [0.15, 0.2) is 88.9 Å². The molecule has 2 N–H and O–H groups in total. The Kier molecular flexibility index (Phi) is 6.48. The number of anilines is 1. The van der Waals surface area contributed by atoms with Crippen molar-refractivity contribution in [3.63, 3.8) is 0 Å². The third-order valence-corrected chi connectivity index (χ3v) is 7.25. The summed E-state index contributed by atoms with van der Waals surface area (Å²) in [6.45, 7) is -0.0697. The Morgan fingerprint density at radius 1 is 0.800 bits per heavy atom. The number of pyridine rings is 1. The van der Waals surface area contributed by atoms with Gasteiger partial charge in [0.2, 0.25) is 0 Å². The summed E-state index contributed by atoms with van der Waals surface area (Å²) in [5, 5.41) is 2.53. The van der Waals surface area contributed by atoms with Crippen molar-refractivity contribution in [1.29, 1.82) is 0 Å². The average molecular weight is 446 g/mol. The maximum Gasteiger partial charge on any atom is 0.261 e. The second-order valence-corrected chi connectivity index (χ2v) is 10.0. The summed E-state index contributed by atoms with van der Waals surface area (Å²) < 4.78 is 51.7. The van der Waals surface area contributed by atoms with Gasteiger partial charge in [-0.25, -0.2) is 16.8 Å². The van der Waals surface area contributed by atoms with Crippen molar-refractivity contribution in [3.8, 4) is 0 Å². The molecule has 0 fully saturated rings. The summed E-state index contributed by atoms with van der Waals surface area (Å²) in [4.78, 5) is 16.2. The van der Waals surface area contributed by atoms with Gasteiger partial charge in [-0.1, -0.05) is 18.2 Å². The number of amides is 1. The molecule has 0 saturated heterocycles. The van der Waals surface area contributed by atoms with Crippen molar-refractivity contribution in [3.05, 3.63) is 84.7 Å². The minimum absolute atomic E-state index is 0.0116. The van der Waals surface area contributed by atoms with Crippen LogP contribution < -0.4 is 10.0 Å². The number of nitrogens with zero attached hydrogens (tertiary/aromatic N) is 1. The lowest BCUT2D eigenvalue weighted by molar-refractivity contribution is 0.0956. The SMILES string of the molecule is O=C(NCCS(=O)(=O)c1ccccc1)c1ccc(S(=O)(=O)Nc2ccncc2)cc1. The molecule has 0 bridgehead atoms. The van der Waals surface area contributed by atoms with Crippen molar-refractivity contribution in [2.24, 2.45) is 0 Å². The number of benzene rings is 2. The van der Waals surface area contributed by atoms with Crippen LogP contribution in [0, 0.1) is 0 Å². The van der Waals surface area contributed by atoms with Crippen molar-refractivity contribution in [2.45, 2.75) is 9.79 Å². The van der Waals surface area contributed by atoms with Gasteiger partial charge in [0.25, 0.3) is 15.9 Å². The fourth-order valence-electron chi connectivity index (χ4n) is 2.57. The van der Waals surface area contributed by atoms with Gasteiger partial charge in [0, 0.05) is 24.5 Å². The van der Waals surface area contributed by atoms with Crippen LogP contribution >= 0.6 is 0 Å². The van der Waals surface area contributed by atoms with E-state index >= 15 is 0 Å². The number of aromatic nitrogens is 1. The van der Waals surface area contributed by atoms with Crippen molar-refractivity contribution in [1.82, 2.24) is 10.3 Å². The van der Waals surface area contributed by atoms with Gasteiger partial charge >= 0.3 is 0 Å². The summed E-state index contributed by atoms with van der Waals surface area (Å²) in [6.07, 6.45) is 2.92. The Balaban J connectivity index is 1.60. The third-order valence-electron chi connectivity index (χ3n) is 4.12. The molecule has 0 atom stereocenters. The first kappa shape index (κ1) is 21.5. The smallest absolute Gasteiger partial charge is 0.261 e. The van der Waals surface area contributed by atoms with Crippen LogP contribution in [0.4, 0.5) is 5.69 Å². The summed E-state index contributed by atoms with van der Waals surface area (Å²) >= 11 is 0. The van der Waals surface area contributed by atoms with Gasteiger partial charge in [-0.2, -0.15) is 0 Å². The van der Waals surface area contributed by atoms with Crippen LogP contribution in [0.1, 0.15) is 10.4 Å². The zero-order chi connectivity index (χ0) is 21.6. The highest BCUT2D eigenvalue weighted by molar-refractivity contribution is 7.92. The molecule has 0 radical (unpaired) electrons. The highest BCUT2D eigenvalue weighted by Crippen LogP contribution is 2.16. The summed E-state index contributed by atoms with van der Waals surface area (Å²) in [6, 6.07) is 16.3. The molecule has 156 valence electrons. The van der Waals surface area contributed by atoms with Gasteiger partial charge in [-0.05, 0) is 48.5 Å². The van der Waals surface area contributed by atoms with E-state index in [0.717, 1.165) is 0 Å². The molecule has 0 saturated carbocycles. The lowest BCUT2D eigenvalue weighted by Crippen LogP contribution is -2.29. The molecule has 1 heterocycles. The number of carbonyl (C=O) groups excluding carboxylic acids is 1. The molecule has 1 aromatic heterocycles. The number of rotatable bonds is 8. The Labute approximate surface area is 175 Å². The highest BCUT2D eigenvalue weighted by atomic mass is 32.2. The minimum atomic E-state index is -3.81. The Bertz CT molecular complexity index is 1210. The number of sulfone groups is 1. The van der Waals surface area contributed by atoms with Gasteiger partial charge in [-0.15, -0.1) is 0 Å². The second kappa shape index (κ2) is 9.06. The van der Waals surface area contributed by atoms with Gasteiger partial charge in [0.15, 0.2) is 9.84 Å². The molecule has 0 spiro atoms. The standard InChI is InChI=1S/C20H19N3O5S2/c24-20(22-14-15-29(25,26)18-4-2-1-3-5-18)16-6-8-19(9-7-16)30(27,28)23-17-10-12-21-13-11-17/h1-13H,14-15H2,(H,21,23)(H,22,24). The van der Waals surface area contributed by atoms with E-state index in [9.17, 15) is 21.6 Å². The predicted molar refractivity (Wildman–Crippen MR) is 112 cm³/mol. The first-order valence-corrected chi connectivity index (χ1v) is 12.0. The van der Waals surface area contributed by atoms with Gasteiger partial charge in [0.1, 0.15) is 0 Å². The molecule has 1 amide bonds. The lowest BCUT2D eigenvalue weighted by atomic mass is 10.2. The molecular formula is C20H19N3O5S2. The van der Waals surface area contributed by atoms with Crippen LogP contribution in [0.2, 0.25) is 0 Å². The Hall–Kier alpha value is -3.24. The average Bonchev–Trinajstić information content (AvgIpc) is 2.75. The molecule has 0 aliphatic carbocycles. The number of sulfonamides is 1. The molecule has 3 aromatic rings. The number of carbonyl (C=O) groups is 1. The second-order valence-electron chi connectivity index (χ2n) is 6.25. The normalized spacial score (nSPS) is 11.6. The van der Waals surface area contributed by atoms with E-state index in [0.29, 0.717) is 5.69 Å². The summed E-state index contributed by atoms with van der Waals surface area (Å²) in [7, 11) is -7.31. The summed E-state index contributed by atoms with van der Waals surface area (Å²) in [5.74, 6) is -0.741. The van der Waals surface area contributed by atoms with Crippen molar-refractivity contribution < 1.29 is 21.6 Å². The van der Waals surface area contributed by atoms with Gasteiger partial charge < -0.3 is 5.32 Å². The van der Waals surface area contributed by atoms with Crippen LogP contribution in [0.3, 0.4) is 0 Å². The van der Waals surface area contributed by atoms with Crippen LogP contribution in [-0.4, -0.2) is 40.0 Å². The van der Waals surface area contributed by atoms with Crippen LogP contribution in [0.25, 0.3) is 0 Å². The molecular weight excluding hydrogens is 426 g/mol. The fraction of sp³-hybridized carbons (Fsp3) is 0.100. The topological polar surface area (TPSA) is 122 Å². The van der Waals surface area contributed by atoms with Crippen molar-refractivity contribution >= 4 is 31.5 Å². The third kappa shape index (κ3) is 5.43. The quantitative estimate of drug-likeness (QED) is 0.547. The molecule has 2 aromatic carbocycles. The van der Waals surface area contributed by atoms with Crippen LogP contribution in [0.5, 0.6) is 0 Å². The van der Waals surface area contributed by atoms with E-state index in [2.05, 4.69) is 15.0 Å². The van der Waals surface area contributed by atoms with E-state index in [-0.39, 0.29) is 27.7 Å². The maximum absolute atomic E-state index is 12.4. The lowest BCUT2D eigenvalue weighted by Gasteiger charge is -2.09. The number of hydrogen-bond acceptors (Lipinski definition) is 6. The Morgan fingerprint density at radius 2 is 1.43 bits per heavy atom. The Morgan fingerprint density at radius 3 is 2.07 bits per heavy atom. The zero-order valence-electron chi connectivity index (χ0n) is 15.7. The minimum Gasteiger partial charge on any atom is -0.351 e. The van der Waals surface area contributed by atoms with E-state index in [4.69, 9.17) is 0 Å². The first-order chi connectivity index (χ1) is 14.3. The van der Waals surface area contributed by atoms with Crippen LogP contribution in [-0.2, 0) is 19.9 Å². The first-order valence-electron chi connectivity index (χ1n) is 8.87. The highest BCUT2D eigenvalue weighted by Gasteiger charge is 2.17. The molecule has 3 rings (SSSR count). The van der Waals surface area contributed by atoms with E-state index in [1.165, 1.54) is 60.9 Å². The van der Waals surface area contributed by atoms with E-state index in [1.54, 1.807) is 18.2 Å². The summed E-state index contributed by atoms with van der Waals surface area (Å²) in [5.41, 5.74) is 0.585. The molecule has 10 heteroatoms. The van der Waals surface area contributed by atoms with Gasteiger partial charge in [-0.3, -0.25) is 14.5 Å². The fourth-order valence-corrected chi connectivity index (χ4v) is 4.80. The molecule has 0 unspecified atom stereocenters. The van der Waals surface area contributed by atoms with E-state index in [1.807, 2.05) is 0 Å². The predicted octanol–water partition coefficient (Wildman–Crippen LogP) is 2.09. The molecule has 0 aliphatic heterocycles. The number of nitrogens with one attached hydrogen (secondary N) is 2. The largest absolute Gasteiger partial charge is 0.351 e. The van der Waals surface area contributed by atoms with E-state index < -0.39 is 25.8 Å². The maximum atomic E-state index is 12.4.